The molecule has 0 aromatic rings. The van der Waals surface area contributed by atoms with E-state index in [1.165, 1.54) is 18.7 Å². The van der Waals surface area contributed by atoms with Crippen LogP contribution in [0.1, 0.15) is 46.5 Å². The van der Waals surface area contributed by atoms with Crippen molar-refractivity contribution in [3.05, 3.63) is 0 Å². The van der Waals surface area contributed by atoms with Crippen molar-refractivity contribution in [2.45, 2.75) is 58.2 Å². The van der Waals surface area contributed by atoms with Gasteiger partial charge in [-0.1, -0.05) is 6.92 Å². The zero-order chi connectivity index (χ0) is 15.2. The Kier molecular flexibility index (Phi) is 3.71. The highest BCUT2D eigenvalue weighted by Crippen LogP contribution is 2.48. The number of halogens is 3. The molecule has 1 heterocycles. The second-order valence-corrected chi connectivity index (χ2v) is 6.70. The van der Waals surface area contributed by atoms with E-state index >= 15 is 0 Å². The van der Waals surface area contributed by atoms with Gasteiger partial charge in [0.05, 0.1) is 11.5 Å². The van der Waals surface area contributed by atoms with E-state index in [1.807, 2.05) is 0 Å². The van der Waals surface area contributed by atoms with E-state index in [1.54, 1.807) is 0 Å². The van der Waals surface area contributed by atoms with E-state index in [0.717, 1.165) is 19.3 Å². The quantitative estimate of drug-likeness (QED) is 0.847. The summed E-state index contributed by atoms with van der Waals surface area (Å²) in [4.78, 5) is 13.5. The highest BCUT2D eigenvalue weighted by atomic mass is 19.4. The van der Waals surface area contributed by atoms with Crippen molar-refractivity contribution in [2.24, 2.45) is 11.3 Å². The van der Waals surface area contributed by atoms with E-state index in [-0.39, 0.29) is 24.4 Å². The lowest BCUT2D eigenvalue weighted by Gasteiger charge is -2.37. The van der Waals surface area contributed by atoms with Crippen molar-refractivity contribution in [2.75, 3.05) is 13.1 Å². The number of hydrogen-bond acceptors (Lipinski definition) is 1. The van der Waals surface area contributed by atoms with Crippen LogP contribution >= 0.6 is 0 Å². The molecule has 1 aliphatic carbocycles. The van der Waals surface area contributed by atoms with Crippen molar-refractivity contribution < 1.29 is 18.0 Å². The molecule has 2 aliphatic rings. The van der Waals surface area contributed by atoms with Gasteiger partial charge in [-0.2, -0.15) is 13.2 Å². The summed E-state index contributed by atoms with van der Waals surface area (Å²) in [6.07, 6.45) is -1.07. The summed E-state index contributed by atoms with van der Waals surface area (Å²) in [6, 6.07) is -0.360. The second kappa shape index (κ2) is 4.81. The lowest BCUT2D eigenvalue weighted by Crippen LogP contribution is -2.53. The molecule has 3 nitrogen and oxygen atoms in total. The summed E-state index contributed by atoms with van der Waals surface area (Å²) < 4.78 is 38.9. The van der Waals surface area contributed by atoms with Gasteiger partial charge in [-0.15, -0.1) is 0 Å². The van der Waals surface area contributed by atoms with Crippen LogP contribution in [0.25, 0.3) is 0 Å². The Morgan fingerprint density at radius 3 is 2.35 bits per heavy atom. The molecule has 1 atom stereocenters. The molecule has 116 valence electrons. The first kappa shape index (κ1) is 15.4. The Balaban J connectivity index is 1.97. The Morgan fingerprint density at radius 1 is 1.35 bits per heavy atom. The minimum absolute atomic E-state index is 0.0111. The Bertz CT molecular complexity index is 388. The maximum atomic E-state index is 13.0. The lowest BCUT2D eigenvalue weighted by atomic mass is 9.88. The first-order valence-corrected chi connectivity index (χ1v) is 7.24. The number of rotatable bonds is 3. The van der Waals surface area contributed by atoms with E-state index in [0.29, 0.717) is 6.54 Å². The van der Waals surface area contributed by atoms with Gasteiger partial charge in [-0.05, 0) is 44.9 Å². The molecule has 0 aromatic carbocycles. The molecule has 1 saturated carbocycles. The number of carbonyl (C=O) groups excluding carboxylic acids is 1. The van der Waals surface area contributed by atoms with Crippen LogP contribution in [0.3, 0.4) is 0 Å². The zero-order valence-corrected chi connectivity index (χ0v) is 12.3. The van der Waals surface area contributed by atoms with Gasteiger partial charge < -0.3 is 10.2 Å². The largest absolute Gasteiger partial charge is 0.394 e. The molecular formula is C14H23F3N2O. The maximum Gasteiger partial charge on any atom is 0.394 e. The third-order valence-corrected chi connectivity index (χ3v) is 5.15. The summed E-state index contributed by atoms with van der Waals surface area (Å²) in [7, 11) is 0. The first-order valence-electron chi connectivity index (χ1n) is 7.24. The van der Waals surface area contributed by atoms with Crippen LogP contribution in [0.5, 0.6) is 0 Å². The predicted octanol–water partition coefficient (Wildman–Crippen LogP) is 3.55. The number of carbonyl (C=O) groups is 1. The summed E-state index contributed by atoms with van der Waals surface area (Å²) in [5.74, 6) is -1.44. The average Bonchev–Trinajstić information content (AvgIpc) is 3.03. The second-order valence-electron chi connectivity index (χ2n) is 6.70. The third kappa shape index (κ3) is 2.74. The van der Waals surface area contributed by atoms with Crippen molar-refractivity contribution >= 4 is 6.03 Å². The fraction of sp³-hybridized carbons (Fsp3) is 0.929. The minimum atomic E-state index is -4.25. The van der Waals surface area contributed by atoms with Crippen molar-refractivity contribution in [3.63, 3.8) is 0 Å². The van der Waals surface area contributed by atoms with Crippen molar-refractivity contribution in [1.29, 1.82) is 0 Å². The summed E-state index contributed by atoms with van der Waals surface area (Å²) in [5.41, 5.74) is -0.978. The number of nitrogens with one attached hydrogen (secondary N) is 1. The van der Waals surface area contributed by atoms with Gasteiger partial charge in [0.15, 0.2) is 0 Å². The molecular weight excluding hydrogens is 269 g/mol. The molecule has 1 saturated heterocycles. The monoisotopic (exact) mass is 292 g/mol. The first-order chi connectivity index (χ1) is 9.12. The van der Waals surface area contributed by atoms with E-state index in [4.69, 9.17) is 0 Å². The Hall–Kier alpha value is -0.940. The van der Waals surface area contributed by atoms with Crippen LogP contribution in [0, 0.1) is 11.3 Å². The molecule has 0 radical (unpaired) electrons. The van der Waals surface area contributed by atoms with Gasteiger partial charge in [0.1, 0.15) is 0 Å². The number of likely N-dealkylation sites (tertiary alicyclic amines) is 1. The van der Waals surface area contributed by atoms with Gasteiger partial charge in [0.2, 0.25) is 0 Å². The zero-order valence-electron chi connectivity index (χ0n) is 12.3. The topological polar surface area (TPSA) is 32.3 Å². The number of hydrogen-bond donors (Lipinski definition) is 1. The van der Waals surface area contributed by atoms with E-state index < -0.39 is 17.6 Å². The maximum absolute atomic E-state index is 13.0. The lowest BCUT2D eigenvalue weighted by molar-refractivity contribution is -0.189. The van der Waals surface area contributed by atoms with Gasteiger partial charge >= 0.3 is 12.2 Å². The molecule has 2 amide bonds. The standard InChI is InChI=1S/C14H23F3N2O/c1-4-13(6-7-13)9-18-11(20)19-8-5-10(12(19,2)3)14(15,16)17/h10H,4-9H2,1-3H3,(H,18,20)/t10-/m1/s1. The fourth-order valence-electron chi connectivity index (χ4n) is 3.21. The number of amides is 2. The van der Waals surface area contributed by atoms with Gasteiger partial charge in [-0.25, -0.2) is 4.79 Å². The molecule has 0 unspecified atom stereocenters. The number of alkyl halides is 3. The van der Waals surface area contributed by atoms with Crippen LogP contribution in [0.4, 0.5) is 18.0 Å². The molecule has 2 fully saturated rings. The van der Waals surface area contributed by atoms with E-state index in [2.05, 4.69) is 12.2 Å². The van der Waals surface area contributed by atoms with Crippen LogP contribution in [-0.2, 0) is 0 Å². The Labute approximate surface area is 117 Å². The molecule has 6 heteroatoms. The van der Waals surface area contributed by atoms with Gasteiger partial charge in [0, 0.05) is 13.1 Å². The van der Waals surface area contributed by atoms with Crippen LogP contribution in [-0.4, -0.2) is 35.7 Å². The summed E-state index contributed by atoms with van der Waals surface area (Å²) >= 11 is 0. The average molecular weight is 292 g/mol. The normalized spacial score (nSPS) is 27.5. The van der Waals surface area contributed by atoms with Crippen molar-refractivity contribution in [1.82, 2.24) is 10.2 Å². The molecule has 1 N–H and O–H groups in total. The van der Waals surface area contributed by atoms with Crippen molar-refractivity contribution in [3.8, 4) is 0 Å². The molecule has 0 aromatic heterocycles. The Morgan fingerprint density at radius 2 is 1.95 bits per heavy atom. The molecule has 20 heavy (non-hydrogen) atoms. The van der Waals surface area contributed by atoms with Crippen LogP contribution in [0.2, 0.25) is 0 Å². The summed E-state index contributed by atoms with van der Waals surface area (Å²) in [6.45, 7) is 5.83. The highest BCUT2D eigenvalue weighted by Gasteiger charge is 2.56. The molecule has 2 rings (SSSR count). The SMILES string of the molecule is CCC1(CNC(=O)N2CC[C@@H](C(F)(F)F)C2(C)C)CC1. The van der Waals surface area contributed by atoms with E-state index in [9.17, 15) is 18.0 Å². The highest BCUT2D eigenvalue weighted by molar-refractivity contribution is 5.75. The number of urea groups is 1. The van der Waals surface area contributed by atoms with Gasteiger partial charge in [0.25, 0.3) is 0 Å². The third-order valence-electron chi connectivity index (χ3n) is 5.15. The van der Waals surface area contributed by atoms with Crippen LogP contribution in [0.15, 0.2) is 0 Å². The number of nitrogens with zero attached hydrogens (tertiary/aromatic N) is 1. The molecule has 1 aliphatic heterocycles. The van der Waals surface area contributed by atoms with Gasteiger partial charge in [-0.3, -0.25) is 0 Å². The predicted molar refractivity (Wildman–Crippen MR) is 70.3 cm³/mol. The fourth-order valence-corrected chi connectivity index (χ4v) is 3.21. The minimum Gasteiger partial charge on any atom is -0.337 e. The molecule has 0 bridgehead atoms. The smallest absolute Gasteiger partial charge is 0.337 e. The van der Waals surface area contributed by atoms with Crippen LogP contribution < -0.4 is 5.32 Å². The summed E-state index contributed by atoms with van der Waals surface area (Å²) in [5, 5.41) is 2.83. The molecule has 0 spiro atoms.